The molecule has 196 valence electrons. The molecule has 1 amide bonds. The first-order valence-electron chi connectivity index (χ1n) is 11.6. The zero-order valence-corrected chi connectivity index (χ0v) is 20.6. The van der Waals surface area contributed by atoms with Crippen LogP contribution in [0.2, 0.25) is 0 Å². The summed E-state index contributed by atoms with van der Waals surface area (Å²) in [6, 6.07) is 13.3. The van der Waals surface area contributed by atoms with Crippen molar-refractivity contribution in [2.45, 2.75) is 35.9 Å². The van der Waals surface area contributed by atoms with Crippen LogP contribution in [0, 0.1) is 0 Å². The van der Waals surface area contributed by atoms with E-state index < -0.39 is 40.5 Å². The predicted molar refractivity (Wildman–Crippen MR) is 135 cm³/mol. The van der Waals surface area contributed by atoms with E-state index in [2.05, 4.69) is 30.8 Å². The molecule has 3 aromatic rings. The van der Waals surface area contributed by atoms with Gasteiger partial charge in [0.05, 0.1) is 11.0 Å². The summed E-state index contributed by atoms with van der Waals surface area (Å²) in [5.41, 5.74) is 4.39. The van der Waals surface area contributed by atoms with Crippen LogP contribution in [0.5, 0.6) is 0 Å². The maximum absolute atomic E-state index is 12.8. The second-order valence-electron chi connectivity index (χ2n) is 8.45. The van der Waals surface area contributed by atoms with Crippen molar-refractivity contribution in [2.24, 2.45) is 0 Å². The van der Waals surface area contributed by atoms with E-state index in [4.69, 9.17) is 4.84 Å². The van der Waals surface area contributed by atoms with Crippen LogP contribution in [0.1, 0.15) is 12.8 Å². The fourth-order valence-electron chi connectivity index (χ4n) is 3.81. The Bertz CT molecular complexity index is 1290. The van der Waals surface area contributed by atoms with Gasteiger partial charge in [-0.25, -0.2) is 13.4 Å². The summed E-state index contributed by atoms with van der Waals surface area (Å²) >= 11 is 0. The second kappa shape index (κ2) is 12.0. The number of anilines is 1. The average molecular weight is 529 g/mol. The molecular formula is C24H28N6O6S. The number of carbonyl (C=O) groups excluding carboxylic acids is 1. The third-order valence-electron chi connectivity index (χ3n) is 5.80. The van der Waals surface area contributed by atoms with Crippen LogP contribution in [0.25, 0.3) is 11.1 Å². The van der Waals surface area contributed by atoms with E-state index in [-0.39, 0.29) is 11.0 Å². The van der Waals surface area contributed by atoms with E-state index >= 15 is 0 Å². The number of rotatable bonds is 12. The molecule has 4 rings (SSSR count). The second-order valence-corrected chi connectivity index (χ2v) is 10.2. The van der Waals surface area contributed by atoms with Crippen LogP contribution in [-0.2, 0) is 24.4 Å². The number of H-pyrrole nitrogens is 1. The lowest BCUT2D eigenvalue weighted by Gasteiger charge is -2.17. The van der Waals surface area contributed by atoms with E-state index in [0.29, 0.717) is 25.3 Å². The zero-order chi connectivity index (χ0) is 26.3. The molecule has 1 saturated heterocycles. The van der Waals surface area contributed by atoms with Gasteiger partial charge in [-0.3, -0.25) is 14.4 Å². The number of amides is 1. The van der Waals surface area contributed by atoms with Gasteiger partial charge in [0.2, 0.25) is 15.9 Å². The lowest BCUT2D eigenvalue weighted by Crippen LogP contribution is -2.51. The number of sulfonamides is 1. The van der Waals surface area contributed by atoms with Crippen molar-refractivity contribution < 1.29 is 28.0 Å². The van der Waals surface area contributed by atoms with Gasteiger partial charge in [0.1, 0.15) is 12.1 Å². The fourth-order valence-corrected chi connectivity index (χ4v) is 5.00. The minimum absolute atomic E-state index is 0.0818. The topological polar surface area (TPSA) is 175 Å². The normalized spacial score (nSPS) is 18.3. The molecule has 1 aliphatic rings. The highest BCUT2D eigenvalue weighted by Gasteiger charge is 2.32. The molecule has 12 nitrogen and oxygen atoms in total. The number of aliphatic carboxylic acids is 1. The molecule has 6 N–H and O–H groups in total. The monoisotopic (exact) mass is 528 g/mol. The predicted octanol–water partition coefficient (Wildman–Crippen LogP) is 1.09. The first kappa shape index (κ1) is 26.3. The number of hydrogen-bond acceptors (Lipinski definition) is 8. The van der Waals surface area contributed by atoms with Crippen LogP contribution in [0.15, 0.2) is 71.9 Å². The van der Waals surface area contributed by atoms with Crippen LogP contribution < -0.4 is 20.8 Å². The Hall–Kier alpha value is -3.78. The molecule has 0 saturated carbocycles. The number of hydrogen-bond donors (Lipinski definition) is 6. The summed E-state index contributed by atoms with van der Waals surface area (Å²) < 4.78 is 27.7. The molecule has 0 radical (unpaired) electrons. The van der Waals surface area contributed by atoms with Gasteiger partial charge in [-0.15, -0.1) is 0 Å². The number of imidazole rings is 1. The molecule has 1 fully saturated rings. The Morgan fingerprint density at radius 3 is 2.51 bits per heavy atom. The number of hydroxylamine groups is 1. The zero-order valence-electron chi connectivity index (χ0n) is 19.8. The van der Waals surface area contributed by atoms with E-state index in [9.17, 15) is 23.1 Å². The minimum Gasteiger partial charge on any atom is -0.480 e. The lowest BCUT2D eigenvalue weighted by molar-refractivity contribution is -0.139. The number of aromatic nitrogens is 2. The summed E-state index contributed by atoms with van der Waals surface area (Å²) in [4.78, 5) is 36.6. The number of carbonyl (C=O) groups is 2. The summed E-state index contributed by atoms with van der Waals surface area (Å²) in [6.07, 6.45) is 4.08. The molecule has 37 heavy (non-hydrogen) atoms. The van der Waals surface area contributed by atoms with Gasteiger partial charge in [-0.1, -0.05) is 42.5 Å². The molecular weight excluding hydrogens is 500 g/mol. The third-order valence-corrected chi connectivity index (χ3v) is 7.28. The van der Waals surface area contributed by atoms with Crippen molar-refractivity contribution in [3.8, 4) is 11.1 Å². The summed E-state index contributed by atoms with van der Waals surface area (Å²) in [5.74, 6) is -1.27. The highest BCUT2D eigenvalue weighted by Crippen LogP contribution is 2.21. The van der Waals surface area contributed by atoms with Crippen molar-refractivity contribution in [1.82, 2.24) is 25.5 Å². The number of nitrogens with one attached hydrogen (secondary N) is 5. The highest BCUT2D eigenvalue weighted by molar-refractivity contribution is 7.89. The Labute approximate surface area is 213 Å². The van der Waals surface area contributed by atoms with Crippen molar-refractivity contribution in [3.63, 3.8) is 0 Å². The molecule has 2 heterocycles. The SMILES string of the molecule is O=C(O)C(CNC(=O)C1CC(CCNc2ncc[nH]2)ON1)NS(=O)(=O)c1ccc(-c2ccccc2)cc1. The van der Waals surface area contributed by atoms with Crippen molar-refractivity contribution in [3.05, 3.63) is 67.0 Å². The molecule has 13 heteroatoms. The Morgan fingerprint density at radius 2 is 1.84 bits per heavy atom. The lowest BCUT2D eigenvalue weighted by atomic mass is 10.1. The number of carboxylic acid groups (broad SMARTS) is 1. The van der Waals surface area contributed by atoms with Crippen molar-refractivity contribution in [1.29, 1.82) is 0 Å². The standard InChI is InChI=1S/C24H28N6O6S/c31-22(20-14-18(36-29-20)10-11-25-24-26-12-13-27-24)28-15-21(23(32)33)30-37(34,35)19-8-6-17(7-9-19)16-4-2-1-3-5-16/h1-9,12-13,18,20-21,29-30H,10-11,14-15H2,(H,28,31)(H,32,33)(H2,25,26,27). The van der Waals surface area contributed by atoms with E-state index in [0.717, 1.165) is 11.1 Å². The van der Waals surface area contributed by atoms with Crippen LogP contribution in [0.4, 0.5) is 5.95 Å². The van der Waals surface area contributed by atoms with Gasteiger partial charge in [0, 0.05) is 31.9 Å². The molecule has 2 aromatic carbocycles. The molecule has 0 aliphatic carbocycles. The maximum atomic E-state index is 12.8. The molecule has 3 atom stereocenters. The van der Waals surface area contributed by atoms with E-state index in [1.165, 1.54) is 12.1 Å². The molecule has 1 aliphatic heterocycles. The molecule has 0 spiro atoms. The number of carboxylic acids is 1. The summed E-state index contributed by atoms with van der Waals surface area (Å²) in [6.45, 7) is 0.141. The van der Waals surface area contributed by atoms with Crippen LogP contribution in [-0.4, -0.2) is 66.6 Å². The van der Waals surface area contributed by atoms with Crippen molar-refractivity contribution >= 4 is 27.8 Å². The average Bonchev–Trinajstić information content (AvgIpc) is 3.59. The molecule has 0 bridgehead atoms. The Balaban J connectivity index is 1.27. The first-order valence-corrected chi connectivity index (χ1v) is 13.1. The molecule has 1 aromatic heterocycles. The van der Waals surface area contributed by atoms with E-state index in [1.807, 2.05) is 30.3 Å². The molecule has 3 unspecified atom stereocenters. The van der Waals surface area contributed by atoms with Gasteiger partial charge in [-0.2, -0.15) is 10.2 Å². The largest absolute Gasteiger partial charge is 0.480 e. The summed E-state index contributed by atoms with van der Waals surface area (Å²) in [5, 5.41) is 15.1. The smallest absolute Gasteiger partial charge is 0.323 e. The summed E-state index contributed by atoms with van der Waals surface area (Å²) in [7, 11) is -4.15. The quantitative estimate of drug-likeness (QED) is 0.201. The maximum Gasteiger partial charge on any atom is 0.323 e. The van der Waals surface area contributed by atoms with Crippen LogP contribution in [0.3, 0.4) is 0 Å². The van der Waals surface area contributed by atoms with Gasteiger partial charge >= 0.3 is 5.97 Å². The Morgan fingerprint density at radius 1 is 1.11 bits per heavy atom. The van der Waals surface area contributed by atoms with Gasteiger partial charge in [0.15, 0.2) is 5.95 Å². The first-order chi connectivity index (χ1) is 17.8. The number of aromatic amines is 1. The van der Waals surface area contributed by atoms with Gasteiger partial charge in [0.25, 0.3) is 0 Å². The van der Waals surface area contributed by atoms with E-state index in [1.54, 1.807) is 24.5 Å². The Kier molecular flexibility index (Phi) is 8.50. The van der Waals surface area contributed by atoms with Crippen molar-refractivity contribution in [2.75, 3.05) is 18.4 Å². The minimum atomic E-state index is -4.15. The van der Waals surface area contributed by atoms with Gasteiger partial charge < -0.3 is 20.7 Å². The number of benzene rings is 2. The van der Waals surface area contributed by atoms with Crippen LogP contribution >= 0.6 is 0 Å². The third kappa shape index (κ3) is 7.13. The highest BCUT2D eigenvalue weighted by atomic mass is 32.2. The van der Waals surface area contributed by atoms with Gasteiger partial charge in [-0.05, 0) is 29.7 Å². The fraction of sp³-hybridized carbons (Fsp3) is 0.292. The number of nitrogens with zero attached hydrogens (tertiary/aromatic N) is 1.